The van der Waals surface area contributed by atoms with Crippen molar-refractivity contribution >= 4 is 37.7 Å². The average molecular weight is 472 g/mol. The monoisotopic (exact) mass is 471 g/mol. The molecule has 5 rings (SSSR count). The number of hydrogen-bond acceptors (Lipinski definition) is 5. The zero-order valence-electron chi connectivity index (χ0n) is 18.1. The molecule has 34 heavy (non-hydrogen) atoms. The van der Waals surface area contributed by atoms with Gasteiger partial charge in [-0.3, -0.25) is 14.8 Å². The van der Waals surface area contributed by atoms with Crippen LogP contribution in [-0.4, -0.2) is 13.3 Å². The summed E-state index contributed by atoms with van der Waals surface area (Å²) in [5.74, 6) is 0. The van der Waals surface area contributed by atoms with E-state index in [4.69, 9.17) is 5.73 Å². The van der Waals surface area contributed by atoms with Crippen molar-refractivity contribution in [1.29, 1.82) is 0 Å². The lowest BCUT2D eigenvalue weighted by Gasteiger charge is -2.26. The fourth-order valence-electron chi connectivity index (χ4n) is 4.45. The summed E-state index contributed by atoms with van der Waals surface area (Å²) in [6.07, 6.45) is 1.14. The van der Waals surface area contributed by atoms with Crippen LogP contribution in [0.2, 0.25) is 0 Å². The van der Waals surface area contributed by atoms with E-state index in [1.54, 1.807) is 0 Å². The number of nitro benzene ring substituents is 1. The molecular formula is C26H21N3O4S. The number of rotatable bonds is 5. The molecule has 0 aliphatic heterocycles. The van der Waals surface area contributed by atoms with Crippen LogP contribution in [-0.2, 0) is 16.4 Å². The van der Waals surface area contributed by atoms with Crippen LogP contribution in [0.25, 0.3) is 16.3 Å². The second-order valence-corrected chi connectivity index (χ2v) is 9.80. The van der Waals surface area contributed by atoms with E-state index in [1.807, 2.05) is 60.7 Å². The zero-order valence-corrected chi connectivity index (χ0v) is 18.9. The normalized spacial score (nSPS) is 13.5. The van der Waals surface area contributed by atoms with Crippen LogP contribution in [0, 0.1) is 10.1 Å². The standard InChI is InChI=1S/C26H21N3O4S/c27-23-15-9-17-5-1-3-7-21(17)25(23)26-22-8-4-2-6-18(22)10-16-24(26)28-34(32,33)20-13-11-19(12-14-20)29(30)31/h1-9,11-15,28H,10,16,27H2. The Morgan fingerprint density at radius 2 is 1.56 bits per heavy atom. The highest BCUT2D eigenvalue weighted by molar-refractivity contribution is 7.89. The number of allylic oxidation sites excluding steroid dienone is 1. The predicted octanol–water partition coefficient (Wildman–Crippen LogP) is 5.01. The van der Waals surface area contributed by atoms with Crippen molar-refractivity contribution in [3.05, 3.63) is 117 Å². The Labute approximate surface area is 196 Å². The van der Waals surface area contributed by atoms with E-state index in [0.29, 0.717) is 24.2 Å². The van der Waals surface area contributed by atoms with Crippen molar-refractivity contribution < 1.29 is 13.3 Å². The van der Waals surface area contributed by atoms with Gasteiger partial charge >= 0.3 is 0 Å². The zero-order chi connectivity index (χ0) is 23.9. The van der Waals surface area contributed by atoms with Gasteiger partial charge < -0.3 is 5.73 Å². The number of anilines is 1. The summed E-state index contributed by atoms with van der Waals surface area (Å²) < 4.78 is 29.3. The first-order chi connectivity index (χ1) is 16.3. The second kappa shape index (κ2) is 8.31. The molecule has 4 aromatic rings. The van der Waals surface area contributed by atoms with E-state index >= 15 is 0 Å². The molecule has 0 radical (unpaired) electrons. The van der Waals surface area contributed by atoms with Crippen molar-refractivity contribution in [2.24, 2.45) is 0 Å². The molecule has 7 nitrogen and oxygen atoms in total. The highest BCUT2D eigenvalue weighted by atomic mass is 32.2. The molecule has 0 unspecified atom stereocenters. The van der Waals surface area contributed by atoms with E-state index in [-0.39, 0.29) is 10.6 Å². The molecule has 170 valence electrons. The van der Waals surface area contributed by atoms with Gasteiger partial charge in [-0.1, -0.05) is 54.6 Å². The Kier molecular flexibility index (Phi) is 5.30. The van der Waals surface area contributed by atoms with Crippen LogP contribution in [0.15, 0.2) is 95.5 Å². The summed E-state index contributed by atoms with van der Waals surface area (Å²) in [4.78, 5) is 10.3. The van der Waals surface area contributed by atoms with Crippen molar-refractivity contribution in [2.75, 3.05) is 5.73 Å². The van der Waals surface area contributed by atoms with Gasteiger partial charge in [0, 0.05) is 34.7 Å². The van der Waals surface area contributed by atoms with Crippen molar-refractivity contribution in [3.63, 3.8) is 0 Å². The van der Waals surface area contributed by atoms with Crippen molar-refractivity contribution in [2.45, 2.75) is 17.7 Å². The Morgan fingerprint density at radius 1 is 0.853 bits per heavy atom. The summed E-state index contributed by atoms with van der Waals surface area (Å²) in [7, 11) is -3.98. The molecule has 0 bridgehead atoms. The molecule has 0 saturated carbocycles. The Balaban J connectivity index is 1.71. The average Bonchev–Trinajstić information content (AvgIpc) is 2.84. The summed E-state index contributed by atoms with van der Waals surface area (Å²) in [5.41, 5.74) is 11.0. The lowest BCUT2D eigenvalue weighted by Crippen LogP contribution is -2.26. The highest BCUT2D eigenvalue weighted by Crippen LogP contribution is 2.41. The smallest absolute Gasteiger partial charge is 0.269 e. The molecule has 0 fully saturated rings. The third-order valence-corrected chi connectivity index (χ3v) is 7.47. The van der Waals surface area contributed by atoms with E-state index in [1.165, 1.54) is 24.3 Å². The van der Waals surface area contributed by atoms with Gasteiger partial charge in [-0.2, -0.15) is 0 Å². The minimum absolute atomic E-state index is 0.0466. The molecule has 8 heteroatoms. The topological polar surface area (TPSA) is 115 Å². The fraction of sp³-hybridized carbons (Fsp3) is 0.0769. The third-order valence-electron chi connectivity index (χ3n) is 6.06. The molecule has 0 heterocycles. The lowest BCUT2D eigenvalue weighted by molar-refractivity contribution is -0.384. The first-order valence-electron chi connectivity index (χ1n) is 10.7. The number of aryl methyl sites for hydroxylation is 1. The van der Waals surface area contributed by atoms with Gasteiger partial charge in [0.05, 0.1) is 9.82 Å². The van der Waals surface area contributed by atoms with Gasteiger partial charge in [0.1, 0.15) is 0 Å². The van der Waals surface area contributed by atoms with E-state index < -0.39 is 14.9 Å². The van der Waals surface area contributed by atoms with Crippen LogP contribution in [0.5, 0.6) is 0 Å². The quantitative estimate of drug-likeness (QED) is 0.241. The number of hydrogen-bond donors (Lipinski definition) is 2. The molecular weight excluding hydrogens is 450 g/mol. The maximum atomic E-state index is 13.3. The number of nitrogens with one attached hydrogen (secondary N) is 1. The molecule has 1 aliphatic carbocycles. The van der Waals surface area contributed by atoms with Crippen molar-refractivity contribution in [3.8, 4) is 0 Å². The number of benzene rings is 4. The minimum Gasteiger partial charge on any atom is -0.398 e. The maximum absolute atomic E-state index is 13.3. The first kappa shape index (κ1) is 21.7. The molecule has 4 aromatic carbocycles. The van der Waals surface area contributed by atoms with E-state index in [9.17, 15) is 18.5 Å². The Morgan fingerprint density at radius 3 is 2.32 bits per heavy atom. The molecule has 1 aliphatic rings. The van der Waals surface area contributed by atoms with Crippen LogP contribution in [0.3, 0.4) is 0 Å². The third kappa shape index (κ3) is 3.78. The second-order valence-electron chi connectivity index (χ2n) is 8.12. The number of sulfonamides is 1. The summed E-state index contributed by atoms with van der Waals surface area (Å²) >= 11 is 0. The van der Waals surface area contributed by atoms with Gasteiger partial charge in [0.25, 0.3) is 15.7 Å². The highest BCUT2D eigenvalue weighted by Gasteiger charge is 2.27. The molecule has 0 aromatic heterocycles. The molecule has 0 saturated heterocycles. The van der Waals surface area contributed by atoms with Gasteiger partial charge in [0.2, 0.25) is 0 Å². The summed E-state index contributed by atoms with van der Waals surface area (Å²) in [5, 5.41) is 12.9. The van der Waals surface area contributed by atoms with Gasteiger partial charge in [-0.15, -0.1) is 0 Å². The van der Waals surface area contributed by atoms with E-state index in [0.717, 1.165) is 33.0 Å². The van der Waals surface area contributed by atoms with Crippen molar-refractivity contribution in [1.82, 2.24) is 4.72 Å². The summed E-state index contributed by atoms with van der Waals surface area (Å²) in [6.45, 7) is 0. The maximum Gasteiger partial charge on any atom is 0.269 e. The van der Waals surface area contributed by atoms with E-state index in [2.05, 4.69) is 4.72 Å². The van der Waals surface area contributed by atoms with Crippen LogP contribution in [0.4, 0.5) is 11.4 Å². The number of nitrogens with two attached hydrogens (primary N) is 1. The van der Waals surface area contributed by atoms with Gasteiger partial charge in [0.15, 0.2) is 0 Å². The number of nitrogen functional groups attached to an aromatic ring is 1. The van der Waals surface area contributed by atoms with Crippen LogP contribution >= 0.6 is 0 Å². The summed E-state index contributed by atoms with van der Waals surface area (Å²) in [6, 6.07) is 24.4. The molecule has 0 amide bonds. The predicted molar refractivity (Wildman–Crippen MR) is 133 cm³/mol. The van der Waals surface area contributed by atoms with Gasteiger partial charge in [-0.25, -0.2) is 8.42 Å². The number of nitrogens with zero attached hydrogens (tertiary/aromatic N) is 1. The van der Waals surface area contributed by atoms with Gasteiger partial charge in [-0.05, 0) is 52.9 Å². The Bertz CT molecular complexity index is 1580. The van der Waals surface area contributed by atoms with Crippen LogP contribution < -0.4 is 10.5 Å². The minimum atomic E-state index is -3.98. The SMILES string of the molecule is Nc1ccc2ccccc2c1C1=C(NS(=O)(=O)c2ccc([N+](=O)[O-])cc2)CCc2ccccc21. The molecule has 0 atom stereocenters. The number of nitro groups is 1. The molecule has 3 N–H and O–H groups in total. The largest absolute Gasteiger partial charge is 0.398 e. The Hall–Kier alpha value is -4.17. The fourth-order valence-corrected chi connectivity index (χ4v) is 5.59. The first-order valence-corrected chi connectivity index (χ1v) is 12.2. The molecule has 0 spiro atoms. The van der Waals surface area contributed by atoms with Crippen LogP contribution in [0.1, 0.15) is 23.1 Å². The number of fused-ring (bicyclic) bond motifs is 2. The number of non-ortho nitro benzene ring substituents is 1. The lowest BCUT2D eigenvalue weighted by atomic mass is 9.83.